The molecule has 1 aromatic carbocycles. The number of hydrogen-bond donors (Lipinski definition) is 2. The van der Waals surface area contributed by atoms with E-state index in [4.69, 9.17) is 22.4 Å². The van der Waals surface area contributed by atoms with Gasteiger partial charge in [0.1, 0.15) is 6.04 Å². The van der Waals surface area contributed by atoms with Crippen molar-refractivity contribution in [2.75, 3.05) is 18.5 Å². The van der Waals surface area contributed by atoms with Crippen LogP contribution in [-0.4, -0.2) is 30.7 Å². The van der Waals surface area contributed by atoms with Crippen molar-refractivity contribution in [1.82, 2.24) is 0 Å². The molecule has 3 N–H and O–H groups in total. The predicted molar refractivity (Wildman–Crippen MR) is 63.1 cm³/mol. The van der Waals surface area contributed by atoms with E-state index in [-0.39, 0.29) is 5.92 Å². The van der Waals surface area contributed by atoms with Gasteiger partial charge in [-0.15, -0.1) is 0 Å². The zero-order valence-corrected chi connectivity index (χ0v) is 9.61. The molecule has 0 bridgehead atoms. The Balaban J connectivity index is 2.44. The number of anilines is 1. The molecule has 0 saturated heterocycles. The maximum Gasteiger partial charge on any atom is 0.321 e. The van der Waals surface area contributed by atoms with Gasteiger partial charge in [0.15, 0.2) is 0 Å². The summed E-state index contributed by atoms with van der Waals surface area (Å²) in [5.74, 6) is -1.18. The molecule has 1 aromatic rings. The summed E-state index contributed by atoms with van der Waals surface area (Å²) < 4.78 is 0. The molecular formula is C11H13ClN2O2. The molecule has 1 heterocycles. The minimum absolute atomic E-state index is 0.198. The number of carboxylic acid groups (broad SMARTS) is 1. The Bertz CT molecular complexity index is 436. The molecule has 4 nitrogen and oxygen atoms in total. The fourth-order valence-electron chi connectivity index (χ4n) is 2.20. The number of nitrogens with zero attached hydrogens (tertiary/aromatic N) is 1. The van der Waals surface area contributed by atoms with Gasteiger partial charge in [0.2, 0.25) is 0 Å². The van der Waals surface area contributed by atoms with E-state index < -0.39 is 12.0 Å². The van der Waals surface area contributed by atoms with Crippen LogP contribution in [0.3, 0.4) is 0 Å². The number of benzene rings is 1. The highest BCUT2D eigenvalue weighted by atomic mass is 35.5. The summed E-state index contributed by atoms with van der Waals surface area (Å²) in [6.07, 6.45) is 0. The Labute approximate surface area is 98.6 Å². The number of rotatable bonds is 2. The van der Waals surface area contributed by atoms with Crippen LogP contribution in [-0.2, 0) is 4.79 Å². The number of carboxylic acids is 1. The van der Waals surface area contributed by atoms with E-state index >= 15 is 0 Å². The van der Waals surface area contributed by atoms with Crippen LogP contribution in [0.25, 0.3) is 0 Å². The van der Waals surface area contributed by atoms with E-state index in [9.17, 15) is 4.79 Å². The molecule has 2 rings (SSSR count). The van der Waals surface area contributed by atoms with Gasteiger partial charge < -0.3 is 15.7 Å². The van der Waals surface area contributed by atoms with E-state index in [0.29, 0.717) is 11.6 Å². The summed E-state index contributed by atoms with van der Waals surface area (Å²) >= 11 is 6.08. The highest BCUT2D eigenvalue weighted by Gasteiger charge is 2.35. The molecule has 1 aliphatic heterocycles. The lowest BCUT2D eigenvalue weighted by Gasteiger charge is -2.16. The molecule has 0 spiro atoms. The highest BCUT2D eigenvalue weighted by molar-refractivity contribution is 6.33. The van der Waals surface area contributed by atoms with Crippen LogP contribution in [0.15, 0.2) is 18.2 Å². The number of halogens is 1. The largest absolute Gasteiger partial charge is 0.480 e. The Hall–Kier alpha value is -1.26. The van der Waals surface area contributed by atoms with Crippen LogP contribution < -0.4 is 10.6 Å². The first-order valence-electron chi connectivity index (χ1n) is 5.00. The Morgan fingerprint density at radius 1 is 1.69 bits per heavy atom. The third-order valence-electron chi connectivity index (χ3n) is 2.99. The van der Waals surface area contributed by atoms with Crippen molar-refractivity contribution >= 4 is 23.3 Å². The standard InChI is InChI=1S/C11H13ClN2O2/c1-14-5-7(9(13)11(15)16)6-3-2-4-8(12)10(6)14/h2-4,7,9H,5,13H2,1H3,(H,15,16). The van der Waals surface area contributed by atoms with Gasteiger partial charge in [-0.2, -0.15) is 0 Å². The molecule has 0 radical (unpaired) electrons. The lowest BCUT2D eigenvalue weighted by atomic mass is 9.94. The van der Waals surface area contributed by atoms with Crippen molar-refractivity contribution in [2.24, 2.45) is 5.73 Å². The molecule has 2 atom stereocenters. The summed E-state index contributed by atoms with van der Waals surface area (Å²) in [5, 5.41) is 9.59. The average Bonchev–Trinajstić information content (AvgIpc) is 2.56. The minimum atomic E-state index is -0.980. The summed E-state index contributed by atoms with van der Waals surface area (Å²) in [6, 6.07) is 4.62. The zero-order chi connectivity index (χ0) is 11.9. The van der Waals surface area contributed by atoms with Gasteiger partial charge in [0.25, 0.3) is 0 Å². The fourth-order valence-corrected chi connectivity index (χ4v) is 2.52. The van der Waals surface area contributed by atoms with Crippen molar-refractivity contribution in [3.63, 3.8) is 0 Å². The van der Waals surface area contributed by atoms with Crippen LogP contribution in [0.5, 0.6) is 0 Å². The van der Waals surface area contributed by atoms with E-state index in [2.05, 4.69) is 0 Å². The van der Waals surface area contributed by atoms with Crippen molar-refractivity contribution in [2.45, 2.75) is 12.0 Å². The Morgan fingerprint density at radius 2 is 2.38 bits per heavy atom. The molecule has 0 aromatic heterocycles. The number of hydrogen-bond acceptors (Lipinski definition) is 3. The lowest BCUT2D eigenvalue weighted by Crippen LogP contribution is -2.38. The van der Waals surface area contributed by atoms with Crippen molar-refractivity contribution < 1.29 is 9.90 Å². The molecule has 86 valence electrons. The van der Waals surface area contributed by atoms with Gasteiger partial charge in [0, 0.05) is 19.5 Å². The third-order valence-corrected chi connectivity index (χ3v) is 3.29. The van der Waals surface area contributed by atoms with E-state index in [1.165, 1.54) is 0 Å². The summed E-state index contributed by atoms with van der Waals surface area (Å²) in [7, 11) is 1.89. The first-order chi connectivity index (χ1) is 7.52. The first kappa shape index (κ1) is 11.2. The highest BCUT2D eigenvalue weighted by Crippen LogP contribution is 2.41. The van der Waals surface area contributed by atoms with Gasteiger partial charge in [-0.25, -0.2) is 0 Å². The second kappa shape index (κ2) is 3.96. The van der Waals surface area contributed by atoms with Crippen molar-refractivity contribution in [3.05, 3.63) is 28.8 Å². The SMILES string of the molecule is CN1CC(C(N)C(=O)O)c2cccc(Cl)c21. The van der Waals surface area contributed by atoms with Gasteiger partial charge in [-0.3, -0.25) is 4.79 Å². The molecule has 5 heteroatoms. The maximum absolute atomic E-state index is 10.9. The van der Waals surface area contributed by atoms with E-state index in [1.807, 2.05) is 24.1 Å². The molecule has 0 saturated carbocycles. The second-order valence-corrected chi connectivity index (χ2v) is 4.44. The number of para-hydroxylation sites is 1. The van der Waals surface area contributed by atoms with E-state index in [1.54, 1.807) is 6.07 Å². The van der Waals surface area contributed by atoms with Crippen LogP contribution in [0.1, 0.15) is 11.5 Å². The predicted octanol–water partition coefficient (Wildman–Crippen LogP) is 1.29. The Kier molecular flexibility index (Phi) is 2.78. The number of likely N-dealkylation sites (N-methyl/N-ethyl adjacent to an activating group) is 1. The van der Waals surface area contributed by atoms with Crippen LogP contribution in [0, 0.1) is 0 Å². The summed E-state index contributed by atoms with van der Waals surface area (Å²) in [6.45, 7) is 0.590. The van der Waals surface area contributed by atoms with Crippen LogP contribution in [0.4, 0.5) is 5.69 Å². The molecule has 0 amide bonds. The van der Waals surface area contributed by atoms with Gasteiger partial charge in [-0.05, 0) is 11.6 Å². The number of aliphatic carboxylic acids is 1. The number of fused-ring (bicyclic) bond motifs is 1. The van der Waals surface area contributed by atoms with E-state index in [0.717, 1.165) is 11.3 Å². The first-order valence-corrected chi connectivity index (χ1v) is 5.38. The molecule has 2 unspecified atom stereocenters. The van der Waals surface area contributed by atoms with Gasteiger partial charge in [-0.1, -0.05) is 23.7 Å². The second-order valence-electron chi connectivity index (χ2n) is 4.03. The molecule has 0 aliphatic carbocycles. The molecule has 1 aliphatic rings. The molecule has 16 heavy (non-hydrogen) atoms. The third kappa shape index (κ3) is 1.64. The normalized spacial score (nSPS) is 20.7. The summed E-state index contributed by atoms with van der Waals surface area (Å²) in [5.41, 5.74) is 7.50. The number of carbonyl (C=O) groups is 1. The Morgan fingerprint density at radius 3 is 3.00 bits per heavy atom. The zero-order valence-electron chi connectivity index (χ0n) is 8.85. The number of nitrogens with two attached hydrogens (primary N) is 1. The quantitative estimate of drug-likeness (QED) is 0.818. The topological polar surface area (TPSA) is 66.6 Å². The molecule has 0 fully saturated rings. The van der Waals surface area contributed by atoms with Crippen molar-refractivity contribution in [3.8, 4) is 0 Å². The lowest BCUT2D eigenvalue weighted by molar-refractivity contribution is -0.139. The average molecular weight is 241 g/mol. The fraction of sp³-hybridized carbons (Fsp3) is 0.364. The van der Waals surface area contributed by atoms with Crippen molar-refractivity contribution in [1.29, 1.82) is 0 Å². The van der Waals surface area contributed by atoms with Gasteiger partial charge >= 0.3 is 5.97 Å². The van der Waals surface area contributed by atoms with Gasteiger partial charge in [0.05, 0.1) is 10.7 Å². The molecular weight excluding hydrogens is 228 g/mol. The maximum atomic E-state index is 10.9. The smallest absolute Gasteiger partial charge is 0.321 e. The van der Waals surface area contributed by atoms with Crippen LogP contribution in [0.2, 0.25) is 5.02 Å². The minimum Gasteiger partial charge on any atom is -0.480 e. The monoisotopic (exact) mass is 240 g/mol. The summed E-state index contributed by atoms with van der Waals surface area (Å²) in [4.78, 5) is 12.9. The van der Waals surface area contributed by atoms with Crippen LogP contribution >= 0.6 is 11.6 Å².